The average Bonchev–Trinajstić information content (AvgIpc) is 3.29. The number of carbonyl (C=O) groups is 2. The fourth-order valence-corrected chi connectivity index (χ4v) is 4.55. The monoisotopic (exact) mass is 527 g/mol. The Morgan fingerprint density at radius 1 is 1.06 bits per heavy atom. The molecule has 3 rings (SSSR count). The molecule has 0 aliphatic carbocycles. The van der Waals surface area contributed by atoms with E-state index >= 15 is 0 Å². The van der Waals surface area contributed by atoms with Gasteiger partial charge in [-0.25, -0.2) is 4.79 Å². The number of benzene rings is 2. The number of amides is 1. The van der Waals surface area contributed by atoms with Crippen LogP contribution in [0.5, 0.6) is 11.5 Å². The molecule has 0 radical (unpaired) electrons. The zero-order chi connectivity index (χ0) is 25.9. The lowest BCUT2D eigenvalue weighted by Crippen LogP contribution is -2.12. The summed E-state index contributed by atoms with van der Waals surface area (Å²) in [4.78, 5) is 25.4. The Kier molecular flexibility index (Phi) is 10.4. The van der Waals surface area contributed by atoms with Gasteiger partial charge in [0.2, 0.25) is 5.91 Å². The number of thiophene rings is 1. The minimum atomic E-state index is -0.498. The van der Waals surface area contributed by atoms with Crippen LogP contribution in [0, 0.1) is 0 Å². The van der Waals surface area contributed by atoms with Crippen LogP contribution >= 0.6 is 22.9 Å². The van der Waals surface area contributed by atoms with Gasteiger partial charge in [0.15, 0.2) is 11.5 Å². The van der Waals surface area contributed by atoms with Gasteiger partial charge in [-0.05, 0) is 54.8 Å². The van der Waals surface area contributed by atoms with E-state index in [9.17, 15) is 9.59 Å². The van der Waals surface area contributed by atoms with E-state index < -0.39 is 5.97 Å². The molecule has 3 aromatic rings. The maximum Gasteiger partial charge on any atom is 0.341 e. The second-order valence-corrected chi connectivity index (χ2v) is 9.19. The molecule has 1 heterocycles. The highest BCUT2D eigenvalue weighted by Gasteiger charge is 2.22. The molecular formula is C28H30ClNO5S. The number of rotatable bonds is 12. The van der Waals surface area contributed by atoms with Crippen LogP contribution in [0.25, 0.3) is 17.2 Å². The Morgan fingerprint density at radius 3 is 2.53 bits per heavy atom. The van der Waals surface area contributed by atoms with E-state index in [0.717, 1.165) is 30.4 Å². The summed E-state index contributed by atoms with van der Waals surface area (Å²) < 4.78 is 16.5. The first-order valence-corrected chi connectivity index (χ1v) is 13.1. The summed E-state index contributed by atoms with van der Waals surface area (Å²) in [5.41, 5.74) is 2.58. The van der Waals surface area contributed by atoms with E-state index in [1.54, 1.807) is 32.2 Å². The number of carbonyl (C=O) groups excluding carboxylic acids is 2. The summed E-state index contributed by atoms with van der Waals surface area (Å²) in [6.45, 7) is 4.74. The van der Waals surface area contributed by atoms with Gasteiger partial charge in [-0.1, -0.05) is 49.6 Å². The van der Waals surface area contributed by atoms with Crippen molar-refractivity contribution in [2.24, 2.45) is 0 Å². The predicted molar refractivity (Wildman–Crippen MR) is 146 cm³/mol. The van der Waals surface area contributed by atoms with Gasteiger partial charge in [-0.15, -0.1) is 11.3 Å². The van der Waals surface area contributed by atoms with Gasteiger partial charge in [0.05, 0.1) is 20.3 Å². The van der Waals surface area contributed by atoms with Crippen LogP contribution in [0.15, 0.2) is 53.9 Å². The first kappa shape index (κ1) is 27.3. The lowest BCUT2D eigenvalue weighted by molar-refractivity contribution is -0.111. The quantitative estimate of drug-likeness (QED) is 0.150. The molecule has 1 aromatic heterocycles. The fraction of sp³-hybridized carbons (Fsp3) is 0.286. The molecule has 0 saturated heterocycles. The van der Waals surface area contributed by atoms with Crippen LogP contribution in [0.1, 0.15) is 49.0 Å². The summed E-state index contributed by atoms with van der Waals surface area (Å²) in [5, 5.41) is 5.64. The Labute approximate surface area is 220 Å². The van der Waals surface area contributed by atoms with Crippen LogP contribution in [0.3, 0.4) is 0 Å². The molecule has 0 spiro atoms. The van der Waals surface area contributed by atoms with Crippen LogP contribution in [0.4, 0.5) is 5.00 Å². The van der Waals surface area contributed by atoms with E-state index in [2.05, 4.69) is 12.2 Å². The molecule has 0 unspecified atom stereocenters. The summed E-state index contributed by atoms with van der Waals surface area (Å²) >= 11 is 7.27. The lowest BCUT2D eigenvalue weighted by Gasteiger charge is -2.11. The molecule has 0 aliphatic rings. The van der Waals surface area contributed by atoms with Crippen LogP contribution in [0.2, 0.25) is 5.02 Å². The molecule has 0 aliphatic heterocycles. The van der Waals surface area contributed by atoms with Crippen molar-refractivity contribution in [2.75, 3.05) is 25.6 Å². The molecule has 8 heteroatoms. The first-order valence-electron chi connectivity index (χ1n) is 11.8. The fourth-order valence-electron chi connectivity index (χ4n) is 3.46. The number of anilines is 1. The second-order valence-electron chi connectivity index (χ2n) is 7.87. The van der Waals surface area contributed by atoms with E-state index in [4.69, 9.17) is 25.8 Å². The molecule has 1 amide bonds. The molecule has 1 N–H and O–H groups in total. The van der Waals surface area contributed by atoms with Crippen molar-refractivity contribution in [1.29, 1.82) is 0 Å². The van der Waals surface area contributed by atoms with Gasteiger partial charge in [-0.2, -0.15) is 0 Å². The molecule has 0 fully saturated rings. The van der Waals surface area contributed by atoms with Gasteiger partial charge in [-0.3, -0.25) is 4.79 Å². The maximum atomic E-state index is 12.7. The Morgan fingerprint density at radius 2 is 1.83 bits per heavy atom. The maximum absolute atomic E-state index is 12.7. The molecule has 0 bridgehead atoms. The van der Waals surface area contributed by atoms with E-state index in [0.29, 0.717) is 39.3 Å². The third kappa shape index (κ3) is 7.35. The number of halogens is 1. The molecule has 0 saturated carbocycles. The number of ether oxygens (including phenoxy) is 3. The van der Waals surface area contributed by atoms with Crippen molar-refractivity contribution in [3.8, 4) is 22.6 Å². The number of hydrogen-bond acceptors (Lipinski definition) is 6. The highest BCUT2D eigenvalue weighted by atomic mass is 35.5. The SMILES string of the molecule is CCCCCOc1ccc(/C=C/C(=O)Nc2scc(-c3ccc(Cl)cc3)c2C(=O)OCC)cc1OC. The largest absolute Gasteiger partial charge is 0.493 e. The first-order chi connectivity index (χ1) is 17.5. The van der Waals surface area contributed by atoms with Crippen molar-refractivity contribution >= 4 is 45.9 Å². The smallest absolute Gasteiger partial charge is 0.341 e. The summed E-state index contributed by atoms with van der Waals surface area (Å²) in [6, 6.07) is 12.6. The second kappa shape index (κ2) is 13.7. The number of methoxy groups -OCH3 is 1. The highest BCUT2D eigenvalue weighted by Crippen LogP contribution is 2.37. The van der Waals surface area contributed by atoms with Crippen molar-refractivity contribution in [1.82, 2.24) is 0 Å². The minimum absolute atomic E-state index is 0.224. The highest BCUT2D eigenvalue weighted by molar-refractivity contribution is 7.15. The van der Waals surface area contributed by atoms with Crippen LogP contribution in [-0.2, 0) is 9.53 Å². The van der Waals surface area contributed by atoms with Gasteiger partial charge >= 0.3 is 5.97 Å². The van der Waals surface area contributed by atoms with Gasteiger partial charge in [0.1, 0.15) is 10.6 Å². The predicted octanol–water partition coefficient (Wildman–Crippen LogP) is 7.47. The minimum Gasteiger partial charge on any atom is -0.493 e. The normalized spacial score (nSPS) is 10.9. The number of esters is 1. The Hall–Kier alpha value is -3.29. The molecule has 2 aromatic carbocycles. The Balaban J connectivity index is 1.75. The van der Waals surface area contributed by atoms with E-state index in [-0.39, 0.29) is 12.5 Å². The molecule has 6 nitrogen and oxygen atoms in total. The van der Waals surface area contributed by atoms with Gasteiger partial charge in [0.25, 0.3) is 0 Å². The molecular weight excluding hydrogens is 498 g/mol. The third-order valence-corrected chi connectivity index (χ3v) is 6.43. The van der Waals surface area contributed by atoms with E-state index in [1.165, 1.54) is 17.4 Å². The van der Waals surface area contributed by atoms with Crippen molar-refractivity contribution < 1.29 is 23.8 Å². The number of nitrogens with one attached hydrogen (secondary N) is 1. The zero-order valence-corrected chi connectivity index (χ0v) is 22.2. The van der Waals surface area contributed by atoms with Crippen LogP contribution in [-0.4, -0.2) is 32.2 Å². The van der Waals surface area contributed by atoms with E-state index in [1.807, 2.05) is 35.7 Å². The standard InChI is InChI=1S/C28H30ClNO5S/c1-4-6-7-16-35-23-14-8-19(17-24(23)33-3)9-15-25(31)30-27-26(28(32)34-5-2)22(18-36-27)20-10-12-21(29)13-11-20/h8-15,17-18H,4-7,16H2,1-3H3,(H,30,31)/b15-9+. The Bertz CT molecular complexity index is 1200. The zero-order valence-electron chi connectivity index (χ0n) is 20.6. The molecule has 190 valence electrons. The van der Waals surface area contributed by atoms with Crippen molar-refractivity contribution in [3.63, 3.8) is 0 Å². The molecule has 0 atom stereocenters. The summed E-state index contributed by atoms with van der Waals surface area (Å²) in [6.07, 6.45) is 6.31. The topological polar surface area (TPSA) is 73.9 Å². The average molecular weight is 528 g/mol. The number of hydrogen-bond donors (Lipinski definition) is 1. The lowest BCUT2D eigenvalue weighted by atomic mass is 10.0. The third-order valence-electron chi connectivity index (χ3n) is 5.28. The van der Waals surface area contributed by atoms with Crippen molar-refractivity contribution in [3.05, 3.63) is 70.1 Å². The number of unbranched alkanes of at least 4 members (excludes halogenated alkanes) is 2. The molecule has 36 heavy (non-hydrogen) atoms. The van der Waals surface area contributed by atoms with Gasteiger partial charge in [0, 0.05) is 22.0 Å². The summed E-state index contributed by atoms with van der Waals surface area (Å²) in [7, 11) is 1.58. The summed E-state index contributed by atoms with van der Waals surface area (Å²) in [5.74, 6) is 0.401. The van der Waals surface area contributed by atoms with Crippen LogP contribution < -0.4 is 14.8 Å². The van der Waals surface area contributed by atoms with Crippen molar-refractivity contribution in [2.45, 2.75) is 33.1 Å². The van der Waals surface area contributed by atoms with Gasteiger partial charge < -0.3 is 19.5 Å².